The van der Waals surface area contributed by atoms with E-state index in [0.29, 0.717) is 42.5 Å². The second kappa shape index (κ2) is 11.0. The van der Waals surface area contributed by atoms with E-state index in [-0.39, 0.29) is 11.6 Å². The maximum Gasteiger partial charge on any atom is 0.266 e. The van der Waals surface area contributed by atoms with Crippen LogP contribution in [-0.2, 0) is 4.74 Å². The first-order valence-electron chi connectivity index (χ1n) is 13.3. The lowest BCUT2D eigenvalue weighted by atomic mass is 9.88. The molecule has 5 rings (SSSR count). The van der Waals surface area contributed by atoms with Crippen LogP contribution >= 0.6 is 0 Å². The molecule has 0 aliphatic carbocycles. The van der Waals surface area contributed by atoms with Gasteiger partial charge in [-0.3, -0.25) is 0 Å². The third-order valence-electron chi connectivity index (χ3n) is 7.62. The lowest BCUT2D eigenvalue weighted by Crippen LogP contribution is -2.41. The minimum absolute atomic E-state index is 0.157. The number of piperidine rings is 1. The van der Waals surface area contributed by atoms with Crippen LogP contribution in [0.2, 0.25) is 0 Å². The molecule has 0 radical (unpaired) electrons. The Morgan fingerprint density at radius 2 is 1.71 bits per heavy atom. The van der Waals surface area contributed by atoms with Gasteiger partial charge in [0.2, 0.25) is 0 Å². The monoisotopic (exact) mass is 528 g/mol. The average molecular weight is 529 g/mol. The van der Waals surface area contributed by atoms with Crippen molar-refractivity contribution in [1.29, 1.82) is 0 Å². The molecule has 2 aliphatic rings. The van der Waals surface area contributed by atoms with Gasteiger partial charge >= 0.3 is 0 Å². The Kier molecular flexibility index (Phi) is 7.72. The number of aryl methyl sites for hydroxylation is 1. The SMILES string of the molecule is Cc1nc(N[C@H](C)c2cccc(C(F)F)c2F)c2cc(C3CCN(C(C)C)CC3)c(NC3COC3)nc2n1. The second-order valence-corrected chi connectivity index (χ2v) is 10.6. The Bertz CT molecular complexity index is 1290. The fourth-order valence-electron chi connectivity index (χ4n) is 5.31. The van der Waals surface area contributed by atoms with E-state index in [1.807, 2.05) is 0 Å². The number of rotatable bonds is 8. The van der Waals surface area contributed by atoms with Crippen molar-refractivity contribution in [3.8, 4) is 0 Å². The summed E-state index contributed by atoms with van der Waals surface area (Å²) in [5.74, 6) is 1.26. The fraction of sp³-hybridized carbons (Fsp3) is 0.536. The van der Waals surface area contributed by atoms with Gasteiger partial charge in [0.1, 0.15) is 23.3 Å². The normalized spacial score (nSPS) is 18.2. The molecule has 4 heterocycles. The molecular formula is C28H35F3N6O. The molecule has 2 aromatic heterocycles. The molecule has 2 N–H and O–H groups in total. The van der Waals surface area contributed by atoms with Gasteiger partial charge in [-0.2, -0.15) is 0 Å². The average Bonchev–Trinajstić information content (AvgIpc) is 2.85. The highest BCUT2D eigenvalue weighted by Crippen LogP contribution is 2.37. The van der Waals surface area contributed by atoms with Crippen molar-refractivity contribution in [3.05, 3.63) is 52.6 Å². The predicted molar refractivity (Wildman–Crippen MR) is 142 cm³/mol. The number of anilines is 2. The zero-order chi connectivity index (χ0) is 27.0. The second-order valence-electron chi connectivity index (χ2n) is 10.6. The zero-order valence-electron chi connectivity index (χ0n) is 22.3. The van der Waals surface area contributed by atoms with Crippen molar-refractivity contribution in [2.45, 2.75) is 71.0 Å². The maximum absolute atomic E-state index is 14.9. The van der Waals surface area contributed by atoms with Crippen molar-refractivity contribution in [1.82, 2.24) is 19.9 Å². The van der Waals surface area contributed by atoms with Crippen LogP contribution in [0.3, 0.4) is 0 Å². The first kappa shape index (κ1) is 26.6. The summed E-state index contributed by atoms with van der Waals surface area (Å²) in [6.07, 6.45) is -0.859. The van der Waals surface area contributed by atoms with Gasteiger partial charge in [-0.15, -0.1) is 0 Å². The molecular weight excluding hydrogens is 493 g/mol. The number of likely N-dealkylation sites (tertiary alicyclic amines) is 1. The number of hydrogen-bond acceptors (Lipinski definition) is 7. The van der Waals surface area contributed by atoms with Gasteiger partial charge in [-0.05, 0) is 71.2 Å². The quantitative estimate of drug-likeness (QED) is 0.372. The molecule has 10 heteroatoms. The van der Waals surface area contributed by atoms with Crippen LogP contribution in [0, 0.1) is 12.7 Å². The van der Waals surface area contributed by atoms with E-state index in [1.165, 1.54) is 12.1 Å². The molecule has 3 aromatic rings. The third kappa shape index (κ3) is 5.42. The third-order valence-corrected chi connectivity index (χ3v) is 7.62. The number of benzene rings is 1. The summed E-state index contributed by atoms with van der Waals surface area (Å²) in [6.45, 7) is 11.3. The number of nitrogens with zero attached hydrogens (tertiary/aromatic N) is 4. The van der Waals surface area contributed by atoms with Gasteiger partial charge in [-0.25, -0.2) is 28.1 Å². The van der Waals surface area contributed by atoms with Gasteiger partial charge < -0.3 is 20.3 Å². The Morgan fingerprint density at radius 3 is 2.34 bits per heavy atom. The minimum Gasteiger partial charge on any atom is -0.377 e. The van der Waals surface area contributed by atoms with Crippen LogP contribution in [0.4, 0.5) is 24.8 Å². The van der Waals surface area contributed by atoms with E-state index in [4.69, 9.17) is 9.72 Å². The molecule has 204 valence electrons. The highest BCUT2D eigenvalue weighted by molar-refractivity contribution is 5.89. The summed E-state index contributed by atoms with van der Waals surface area (Å²) < 4.78 is 46.9. The molecule has 2 saturated heterocycles. The van der Waals surface area contributed by atoms with E-state index in [0.717, 1.165) is 48.8 Å². The summed E-state index contributed by atoms with van der Waals surface area (Å²) in [6, 6.07) is 6.29. The summed E-state index contributed by atoms with van der Waals surface area (Å²) >= 11 is 0. The van der Waals surface area contributed by atoms with Gasteiger partial charge in [-0.1, -0.05) is 18.2 Å². The van der Waals surface area contributed by atoms with Gasteiger partial charge in [0.15, 0.2) is 5.65 Å². The molecule has 1 atom stereocenters. The summed E-state index contributed by atoms with van der Waals surface area (Å²) in [4.78, 5) is 16.6. The maximum atomic E-state index is 14.9. The van der Waals surface area contributed by atoms with E-state index in [1.54, 1.807) is 13.8 Å². The summed E-state index contributed by atoms with van der Waals surface area (Å²) in [5, 5.41) is 7.53. The highest BCUT2D eigenvalue weighted by atomic mass is 19.3. The van der Waals surface area contributed by atoms with Crippen molar-refractivity contribution >= 4 is 22.7 Å². The number of halogens is 3. The summed E-state index contributed by atoms with van der Waals surface area (Å²) in [7, 11) is 0. The lowest BCUT2D eigenvalue weighted by Gasteiger charge is -2.36. The molecule has 2 fully saturated rings. The van der Waals surface area contributed by atoms with Crippen LogP contribution in [0.1, 0.15) is 74.5 Å². The number of ether oxygens (including phenoxy) is 1. The van der Waals surface area contributed by atoms with E-state index < -0.39 is 23.8 Å². The molecule has 0 spiro atoms. The number of hydrogen-bond donors (Lipinski definition) is 2. The Labute approximate surface area is 221 Å². The predicted octanol–water partition coefficient (Wildman–Crippen LogP) is 5.98. The lowest BCUT2D eigenvalue weighted by molar-refractivity contribution is 0.0209. The van der Waals surface area contributed by atoms with Gasteiger partial charge in [0.05, 0.1) is 36.2 Å². The van der Waals surface area contributed by atoms with Crippen molar-refractivity contribution in [2.24, 2.45) is 0 Å². The molecule has 2 aliphatic heterocycles. The zero-order valence-corrected chi connectivity index (χ0v) is 22.3. The van der Waals surface area contributed by atoms with Crippen molar-refractivity contribution < 1.29 is 17.9 Å². The van der Waals surface area contributed by atoms with E-state index in [2.05, 4.69) is 45.4 Å². The first-order valence-corrected chi connectivity index (χ1v) is 13.3. The highest BCUT2D eigenvalue weighted by Gasteiger charge is 2.28. The van der Waals surface area contributed by atoms with Crippen LogP contribution < -0.4 is 10.6 Å². The van der Waals surface area contributed by atoms with Crippen LogP contribution in [-0.4, -0.2) is 58.2 Å². The molecule has 1 aromatic carbocycles. The number of aromatic nitrogens is 3. The topological polar surface area (TPSA) is 75.2 Å². The Hall–Kier alpha value is -2.98. The Morgan fingerprint density at radius 1 is 1.00 bits per heavy atom. The van der Waals surface area contributed by atoms with Gasteiger partial charge in [0.25, 0.3) is 6.43 Å². The smallest absolute Gasteiger partial charge is 0.266 e. The largest absolute Gasteiger partial charge is 0.377 e. The number of fused-ring (bicyclic) bond motifs is 1. The van der Waals surface area contributed by atoms with Crippen molar-refractivity contribution in [3.63, 3.8) is 0 Å². The minimum atomic E-state index is -2.88. The number of pyridine rings is 1. The standard InChI is InChI=1S/C28H35F3N6O/c1-15(2)37-10-8-18(9-11-37)22-12-23-27(32-16(3)20-6-5-7-21(24(20)29)25(30)31)33-17(4)34-28(23)36-26(22)35-19-13-38-14-19/h5-7,12,15-16,18-19,25H,8-11,13-14H2,1-4H3,(H2,32,33,34,35,36)/t16-/m1/s1. The van der Waals surface area contributed by atoms with Crippen LogP contribution in [0.25, 0.3) is 11.0 Å². The fourth-order valence-corrected chi connectivity index (χ4v) is 5.31. The molecule has 0 unspecified atom stereocenters. The summed E-state index contributed by atoms with van der Waals surface area (Å²) in [5.41, 5.74) is 1.19. The Balaban J connectivity index is 1.52. The van der Waals surface area contributed by atoms with Gasteiger partial charge in [0, 0.05) is 11.6 Å². The first-order chi connectivity index (χ1) is 18.2. The molecule has 0 saturated carbocycles. The van der Waals surface area contributed by atoms with Crippen molar-refractivity contribution in [2.75, 3.05) is 36.9 Å². The number of nitrogens with one attached hydrogen (secondary N) is 2. The molecule has 7 nitrogen and oxygen atoms in total. The molecule has 0 amide bonds. The number of alkyl halides is 2. The van der Waals surface area contributed by atoms with E-state index >= 15 is 0 Å². The van der Waals surface area contributed by atoms with Crippen LogP contribution in [0.5, 0.6) is 0 Å². The molecule has 38 heavy (non-hydrogen) atoms. The van der Waals surface area contributed by atoms with E-state index in [9.17, 15) is 13.2 Å². The van der Waals surface area contributed by atoms with Crippen LogP contribution in [0.15, 0.2) is 24.3 Å². The molecule has 0 bridgehead atoms.